The first-order valence-corrected chi connectivity index (χ1v) is 14.6. The average molecular weight is 523 g/mol. The van der Waals surface area contributed by atoms with E-state index in [-0.39, 0.29) is 46.5 Å². The first-order chi connectivity index (χ1) is 17.0. The highest BCUT2D eigenvalue weighted by atomic mass is 16.4. The molecule has 37 heavy (non-hydrogen) atoms. The number of carbonyl (C=O) groups is 1. The van der Waals surface area contributed by atoms with Gasteiger partial charge in [0.1, 0.15) is 0 Å². The number of carboxylic acids is 1. The number of carboxylic acid groups (broad SMARTS) is 1. The molecule has 0 saturated heterocycles. The second-order valence-electron chi connectivity index (χ2n) is 15.3. The number of fused-ring (bicyclic) bond motifs is 6. The highest BCUT2D eigenvalue weighted by molar-refractivity contribution is 5.76. The molecular formula is C30H50O7. The molecule has 0 radical (unpaired) electrons. The summed E-state index contributed by atoms with van der Waals surface area (Å²) >= 11 is 0. The van der Waals surface area contributed by atoms with Gasteiger partial charge in [0.15, 0.2) is 0 Å². The zero-order valence-corrected chi connectivity index (χ0v) is 23.4. The third kappa shape index (κ3) is 3.39. The zero-order chi connectivity index (χ0) is 27.4. The number of rotatable bonds is 2. The molecule has 13 atom stereocenters. The minimum atomic E-state index is -1.26. The molecule has 0 unspecified atom stereocenters. The van der Waals surface area contributed by atoms with Crippen LogP contribution in [0.4, 0.5) is 0 Å². The molecule has 5 aliphatic carbocycles. The smallest absolute Gasteiger partial charge is 0.312 e. The Bertz CT molecular complexity index is 941. The maximum atomic E-state index is 12.5. The topological polar surface area (TPSA) is 138 Å². The molecule has 0 aromatic heterocycles. The lowest BCUT2D eigenvalue weighted by Gasteiger charge is -2.65. The molecule has 6 N–H and O–H groups in total. The highest BCUT2D eigenvalue weighted by Crippen LogP contribution is 2.71. The summed E-state index contributed by atoms with van der Waals surface area (Å²) in [6.07, 6.45) is 3.98. The van der Waals surface area contributed by atoms with Gasteiger partial charge in [0, 0.05) is 5.41 Å². The Labute approximate surface area is 221 Å². The molecule has 0 aromatic rings. The van der Waals surface area contributed by atoms with Gasteiger partial charge in [0.25, 0.3) is 0 Å². The normalized spacial score (nSPS) is 59.8. The van der Waals surface area contributed by atoms with Crippen LogP contribution < -0.4 is 0 Å². The first-order valence-electron chi connectivity index (χ1n) is 14.6. The monoisotopic (exact) mass is 522 g/mol. The number of hydrogen-bond donors (Lipinski definition) is 6. The fourth-order valence-corrected chi connectivity index (χ4v) is 11.7. The van der Waals surface area contributed by atoms with Crippen molar-refractivity contribution in [2.75, 3.05) is 6.61 Å². The van der Waals surface area contributed by atoms with Crippen LogP contribution in [0.1, 0.15) is 98.8 Å². The van der Waals surface area contributed by atoms with Crippen molar-refractivity contribution in [3.63, 3.8) is 0 Å². The van der Waals surface area contributed by atoms with Crippen molar-refractivity contribution in [1.82, 2.24) is 0 Å². The van der Waals surface area contributed by atoms with E-state index in [1.165, 1.54) is 0 Å². The van der Waals surface area contributed by atoms with Crippen LogP contribution in [-0.4, -0.2) is 67.1 Å². The lowest BCUT2D eigenvalue weighted by atomic mass is 9.41. The highest BCUT2D eigenvalue weighted by Gasteiger charge is 2.70. The molecule has 0 bridgehead atoms. The van der Waals surface area contributed by atoms with Crippen LogP contribution in [0.15, 0.2) is 0 Å². The van der Waals surface area contributed by atoms with Gasteiger partial charge in [-0.3, -0.25) is 4.79 Å². The van der Waals surface area contributed by atoms with Crippen LogP contribution in [-0.2, 0) is 4.79 Å². The van der Waals surface area contributed by atoms with Gasteiger partial charge < -0.3 is 30.6 Å². The Morgan fingerprint density at radius 2 is 1.30 bits per heavy atom. The molecule has 212 valence electrons. The predicted molar refractivity (Wildman–Crippen MR) is 138 cm³/mol. The molecule has 5 aliphatic rings. The third-order valence-electron chi connectivity index (χ3n) is 13.8. The van der Waals surface area contributed by atoms with Gasteiger partial charge >= 0.3 is 5.97 Å². The average Bonchev–Trinajstić information content (AvgIpc) is 2.96. The summed E-state index contributed by atoms with van der Waals surface area (Å²) in [6.45, 7) is 10.2. The maximum Gasteiger partial charge on any atom is 0.312 e. The number of aliphatic hydroxyl groups excluding tert-OH is 4. The van der Waals surface area contributed by atoms with E-state index in [2.05, 4.69) is 20.8 Å². The van der Waals surface area contributed by atoms with Gasteiger partial charge in [-0.1, -0.05) is 27.7 Å². The molecule has 0 aromatic carbocycles. The Hall–Kier alpha value is -0.730. The summed E-state index contributed by atoms with van der Waals surface area (Å²) in [5, 5.41) is 66.5. The van der Waals surface area contributed by atoms with E-state index in [1.54, 1.807) is 6.92 Å². The SMILES string of the molecule is C[C@@]12CC[C@@H]3[C@](C)(CC[C@H](O)[C@]3(C)C(=O)O)[C@H]1CC[C@@H]1[C@@]3(C)CC[C@@H](O)[C@](C)(CO)[C@@H]3C[C@H](O)[C@@]1(O)C2. The maximum absolute atomic E-state index is 12.5. The van der Waals surface area contributed by atoms with Crippen LogP contribution in [0.5, 0.6) is 0 Å². The van der Waals surface area contributed by atoms with Crippen molar-refractivity contribution in [2.24, 2.45) is 50.7 Å². The largest absolute Gasteiger partial charge is 0.481 e. The van der Waals surface area contributed by atoms with E-state index < -0.39 is 40.7 Å². The molecule has 7 heteroatoms. The number of aliphatic hydroxyl groups is 5. The lowest BCUT2D eigenvalue weighted by Crippen LogP contribution is -2.68. The van der Waals surface area contributed by atoms with Crippen molar-refractivity contribution in [2.45, 2.75) is 123 Å². The van der Waals surface area contributed by atoms with Crippen LogP contribution in [0.25, 0.3) is 0 Å². The van der Waals surface area contributed by atoms with Crippen LogP contribution in [0, 0.1) is 50.7 Å². The van der Waals surface area contributed by atoms with Gasteiger partial charge in [-0.2, -0.15) is 0 Å². The predicted octanol–water partition coefficient (Wildman–Crippen LogP) is 3.34. The molecule has 0 aliphatic heterocycles. The summed E-state index contributed by atoms with van der Waals surface area (Å²) in [5.74, 6) is -1.17. The van der Waals surface area contributed by atoms with Crippen molar-refractivity contribution in [3.05, 3.63) is 0 Å². The van der Waals surface area contributed by atoms with Crippen molar-refractivity contribution < 1.29 is 35.4 Å². The molecule has 0 amide bonds. The van der Waals surface area contributed by atoms with Gasteiger partial charge in [-0.25, -0.2) is 0 Å². The Morgan fingerprint density at radius 3 is 1.89 bits per heavy atom. The van der Waals surface area contributed by atoms with Crippen LogP contribution >= 0.6 is 0 Å². The molecule has 0 heterocycles. The van der Waals surface area contributed by atoms with E-state index >= 15 is 0 Å². The number of hydrogen-bond acceptors (Lipinski definition) is 6. The van der Waals surface area contributed by atoms with Gasteiger partial charge in [-0.15, -0.1) is 0 Å². The minimum absolute atomic E-state index is 0.106. The summed E-state index contributed by atoms with van der Waals surface area (Å²) in [6, 6.07) is 0. The quantitative estimate of drug-likeness (QED) is 0.327. The molecule has 5 rings (SSSR count). The van der Waals surface area contributed by atoms with Crippen LogP contribution in [0.3, 0.4) is 0 Å². The molecule has 7 nitrogen and oxygen atoms in total. The van der Waals surface area contributed by atoms with Gasteiger partial charge in [0.2, 0.25) is 0 Å². The van der Waals surface area contributed by atoms with Crippen molar-refractivity contribution in [1.29, 1.82) is 0 Å². The Balaban J connectivity index is 1.56. The molecule has 0 spiro atoms. The van der Waals surface area contributed by atoms with E-state index in [0.717, 1.165) is 32.1 Å². The second kappa shape index (κ2) is 8.39. The summed E-state index contributed by atoms with van der Waals surface area (Å²) in [5.41, 5.74) is -4.04. The second-order valence-corrected chi connectivity index (χ2v) is 15.3. The van der Waals surface area contributed by atoms with Crippen molar-refractivity contribution in [3.8, 4) is 0 Å². The Kier molecular flexibility index (Phi) is 6.31. The third-order valence-corrected chi connectivity index (χ3v) is 13.8. The van der Waals surface area contributed by atoms with Gasteiger partial charge in [0.05, 0.1) is 35.9 Å². The molecular weight excluding hydrogens is 472 g/mol. The van der Waals surface area contributed by atoms with E-state index in [4.69, 9.17) is 0 Å². The number of aliphatic carboxylic acids is 1. The van der Waals surface area contributed by atoms with Crippen LogP contribution in [0.2, 0.25) is 0 Å². The minimum Gasteiger partial charge on any atom is -0.481 e. The van der Waals surface area contributed by atoms with E-state index in [0.29, 0.717) is 32.1 Å². The molecule has 5 saturated carbocycles. The standard InChI is InChI=1S/C30H50O7/c1-25-11-8-18-26(2,13-10-22(33)29(18,5)24(35)36)17(25)6-7-19-27(3)12-9-21(32)28(4,16-31)20(27)14-23(34)30(19,37)15-25/h17-23,31-34,37H,6-16H2,1-5H3,(H,35,36)/t17-,18+,19+,20+,21+,22-,23-,25-,26+,27+,28+,29+,30+/m0/s1. The van der Waals surface area contributed by atoms with E-state index in [9.17, 15) is 35.4 Å². The van der Waals surface area contributed by atoms with E-state index in [1.807, 2.05) is 6.92 Å². The Morgan fingerprint density at radius 1 is 0.730 bits per heavy atom. The summed E-state index contributed by atoms with van der Waals surface area (Å²) < 4.78 is 0. The van der Waals surface area contributed by atoms with Crippen molar-refractivity contribution >= 4 is 5.97 Å². The summed E-state index contributed by atoms with van der Waals surface area (Å²) in [4.78, 5) is 12.5. The van der Waals surface area contributed by atoms with Gasteiger partial charge in [-0.05, 0) is 111 Å². The fourth-order valence-electron chi connectivity index (χ4n) is 11.7. The zero-order valence-electron chi connectivity index (χ0n) is 23.4. The fraction of sp³-hybridized carbons (Fsp3) is 0.967. The first kappa shape index (κ1) is 27.8. The summed E-state index contributed by atoms with van der Waals surface area (Å²) in [7, 11) is 0. The molecule has 5 fully saturated rings. The lowest BCUT2D eigenvalue weighted by molar-refractivity contribution is -0.259.